The minimum absolute atomic E-state index is 0.0913. The van der Waals surface area contributed by atoms with Crippen LogP contribution in [-0.4, -0.2) is 22.0 Å². The van der Waals surface area contributed by atoms with Crippen LogP contribution in [0.4, 0.5) is 0 Å². The number of ether oxygens (including phenoxy) is 1. The van der Waals surface area contributed by atoms with Crippen molar-refractivity contribution in [2.24, 2.45) is 7.05 Å². The van der Waals surface area contributed by atoms with Gasteiger partial charge in [0.25, 0.3) is 0 Å². The maximum absolute atomic E-state index is 10.6. The monoisotopic (exact) mass is 288 g/mol. The SMILES string of the molecule is COc1cccc(CC(O)c2cn(C)nc2C(C)(C)C)c1. The Hall–Kier alpha value is -1.81. The summed E-state index contributed by atoms with van der Waals surface area (Å²) in [7, 11) is 3.53. The number of benzene rings is 1. The molecule has 1 aromatic heterocycles. The molecule has 1 unspecified atom stereocenters. The number of hydrogen-bond acceptors (Lipinski definition) is 3. The molecular formula is C17H24N2O2. The van der Waals surface area contributed by atoms with Crippen LogP contribution >= 0.6 is 0 Å². The first-order valence-electron chi connectivity index (χ1n) is 7.16. The number of methoxy groups -OCH3 is 1. The molecule has 0 aliphatic rings. The Labute approximate surface area is 126 Å². The highest BCUT2D eigenvalue weighted by Crippen LogP contribution is 2.30. The molecule has 114 valence electrons. The van der Waals surface area contributed by atoms with E-state index in [0.717, 1.165) is 22.6 Å². The molecule has 1 N–H and O–H groups in total. The van der Waals surface area contributed by atoms with E-state index in [2.05, 4.69) is 25.9 Å². The third-order valence-electron chi connectivity index (χ3n) is 3.49. The van der Waals surface area contributed by atoms with Gasteiger partial charge in [0, 0.05) is 30.6 Å². The summed E-state index contributed by atoms with van der Waals surface area (Å²) in [6.45, 7) is 6.32. The zero-order valence-electron chi connectivity index (χ0n) is 13.4. The molecule has 0 aliphatic heterocycles. The number of rotatable bonds is 4. The van der Waals surface area contributed by atoms with Crippen LogP contribution in [0.25, 0.3) is 0 Å². The molecule has 1 atom stereocenters. The summed E-state index contributed by atoms with van der Waals surface area (Å²) in [6, 6.07) is 7.80. The molecule has 1 aromatic carbocycles. The third kappa shape index (κ3) is 3.64. The van der Waals surface area contributed by atoms with Gasteiger partial charge in [-0.3, -0.25) is 4.68 Å². The zero-order valence-corrected chi connectivity index (χ0v) is 13.4. The summed E-state index contributed by atoms with van der Waals surface area (Å²) < 4.78 is 6.99. The number of aromatic nitrogens is 2. The Kier molecular flexibility index (Phi) is 4.37. The summed E-state index contributed by atoms with van der Waals surface area (Å²) in [5.41, 5.74) is 2.80. The van der Waals surface area contributed by atoms with Crippen LogP contribution in [0.2, 0.25) is 0 Å². The van der Waals surface area contributed by atoms with Gasteiger partial charge in [-0.2, -0.15) is 5.10 Å². The summed E-state index contributed by atoms with van der Waals surface area (Å²) in [4.78, 5) is 0. The Morgan fingerprint density at radius 3 is 2.67 bits per heavy atom. The van der Waals surface area contributed by atoms with E-state index in [0.29, 0.717) is 6.42 Å². The fourth-order valence-corrected chi connectivity index (χ4v) is 2.47. The van der Waals surface area contributed by atoms with Crippen LogP contribution in [0.3, 0.4) is 0 Å². The Balaban J connectivity index is 2.26. The van der Waals surface area contributed by atoms with Crippen molar-refractivity contribution >= 4 is 0 Å². The molecule has 0 fully saturated rings. The fraction of sp³-hybridized carbons (Fsp3) is 0.471. The summed E-state index contributed by atoms with van der Waals surface area (Å²) in [6.07, 6.45) is 1.89. The second-order valence-electron chi connectivity index (χ2n) is 6.43. The van der Waals surface area contributed by atoms with E-state index in [1.807, 2.05) is 37.5 Å². The minimum atomic E-state index is -0.569. The lowest BCUT2D eigenvalue weighted by Crippen LogP contribution is -2.17. The number of nitrogens with zero attached hydrogens (tertiary/aromatic N) is 2. The minimum Gasteiger partial charge on any atom is -0.497 e. The van der Waals surface area contributed by atoms with Gasteiger partial charge in [-0.15, -0.1) is 0 Å². The lowest BCUT2D eigenvalue weighted by atomic mass is 9.87. The second-order valence-corrected chi connectivity index (χ2v) is 6.43. The second kappa shape index (κ2) is 5.90. The predicted octanol–water partition coefficient (Wildman–Crippen LogP) is 3.00. The van der Waals surface area contributed by atoms with Gasteiger partial charge in [-0.25, -0.2) is 0 Å². The van der Waals surface area contributed by atoms with Crippen LogP contribution in [0.5, 0.6) is 5.75 Å². The number of hydrogen-bond donors (Lipinski definition) is 1. The van der Waals surface area contributed by atoms with E-state index in [9.17, 15) is 5.11 Å². The summed E-state index contributed by atoms with van der Waals surface area (Å²) in [5, 5.41) is 15.1. The molecule has 0 aliphatic carbocycles. The highest BCUT2D eigenvalue weighted by atomic mass is 16.5. The average molecular weight is 288 g/mol. The molecule has 21 heavy (non-hydrogen) atoms. The predicted molar refractivity (Wildman–Crippen MR) is 83.6 cm³/mol. The average Bonchev–Trinajstić information content (AvgIpc) is 2.81. The normalized spacial score (nSPS) is 13.2. The smallest absolute Gasteiger partial charge is 0.119 e. The molecule has 0 amide bonds. The topological polar surface area (TPSA) is 47.3 Å². The maximum atomic E-state index is 10.6. The van der Waals surface area contributed by atoms with Gasteiger partial charge >= 0.3 is 0 Å². The van der Waals surface area contributed by atoms with Crippen molar-refractivity contribution in [1.82, 2.24) is 9.78 Å². The lowest BCUT2D eigenvalue weighted by molar-refractivity contribution is 0.176. The van der Waals surface area contributed by atoms with Gasteiger partial charge in [0.2, 0.25) is 0 Å². The highest BCUT2D eigenvalue weighted by Gasteiger charge is 2.25. The molecule has 0 saturated carbocycles. The maximum Gasteiger partial charge on any atom is 0.119 e. The van der Waals surface area contributed by atoms with E-state index >= 15 is 0 Å². The van der Waals surface area contributed by atoms with Gasteiger partial charge in [0.1, 0.15) is 5.75 Å². The lowest BCUT2D eigenvalue weighted by Gasteiger charge is -2.20. The van der Waals surface area contributed by atoms with Crippen molar-refractivity contribution in [1.29, 1.82) is 0 Å². The van der Waals surface area contributed by atoms with Crippen LogP contribution in [-0.2, 0) is 18.9 Å². The fourth-order valence-electron chi connectivity index (χ4n) is 2.47. The summed E-state index contributed by atoms with van der Waals surface area (Å²) in [5.74, 6) is 0.807. The molecule has 2 aromatic rings. The largest absolute Gasteiger partial charge is 0.497 e. The molecule has 0 radical (unpaired) electrons. The van der Waals surface area contributed by atoms with Gasteiger partial charge in [-0.1, -0.05) is 32.9 Å². The molecule has 0 spiro atoms. The molecule has 0 saturated heterocycles. The van der Waals surface area contributed by atoms with E-state index in [4.69, 9.17) is 4.74 Å². The van der Waals surface area contributed by atoms with Gasteiger partial charge < -0.3 is 9.84 Å². The third-order valence-corrected chi connectivity index (χ3v) is 3.49. The Bertz CT molecular complexity index is 611. The molecule has 0 bridgehead atoms. The van der Waals surface area contributed by atoms with Crippen molar-refractivity contribution in [3.8, 4) is 5.75 Å². The van der Waals surface area contributed by atoms with Crippen molar-refractivity contribution < 1.29 is 9.84 Å². The number of aryl methyl sites for hydroxylation is 1. The Morgan fingerprint density at radius 2 is 2.05 bits per heavy atom. The number of aliphatic hydroxyl groups is 1. The summed E-state index contributed by atoms with van der Waals surface area (Å²) >= 11 is 0. The first-order chi connectivity index (χ1) is 9.81. The van der Waals surface area contributed by atoms with Gasteiger partial charge in [0.15, 0.2) is 0 Å². The highest BCUT2D eigenvalue weighted by molar-refractivity contribution is 5.32. The van der Waals surface area contributed by atoms with Crippen LogP contribution in [0.15, 0.2) is 30.5 Å². The molecule has 4 heteroatoms. The van der Waals surface area contributed by atoms with Crippen molar-refractivity contribution in [2.75, 3.05) is 7.11 Å². The van der Waals surface area contributed by atoms with Crippen LogP contribution < -0.4 is 4.74 Å². The van der Waals surface area contributed by atoms with E-state index in [1.54, 1.807) is 11.8 Å². The molecular weight excluding hydrogens is 264 g/mol. The van der Waals surface area contributed by atoms with Crippen LogP contribution in [0.1, 0.15) is 43.7 Å². The standard InChI is InChI=1S/C17H24N2O2/c1-17(2,3)16-14(11-19(4)18-16)15(20)10-12-7-6-8-13(9-12)21-5/h6-9,11,15,20H,10H2,1-5H3. The van der Waals surface area contributed by atoms with Crippen molar-refractivity contribution in [2.45, 2.75) is 38.7 Å². The Morgan fingerprint density at radius 1 is 1.33 bits per heavy atom. The van der Waals surface area contributed by atoms with E-state index in [1.165, 1.54) is 0 Å². The van der Waals surface area contributed by atoms with Gasteiger partial charge in [-0.05, 0) is 17.7 Å². The first kappa shape index (κ1) is 15.6. The quantitative estimate of drug-likeness (QED) is 0.940. The van der Waals surface area contributed by atoms with Gasteiger partial charge in [0.05, 0.1) is 18.9 Å². The van der Waals surface area contributed by atoms with E-state index in [-0.39, 0.29) is 5.41 Å². The zero-order chi connectivity index (χ0) is 15.6. The molecule has 4 nitrogen and oxygen atoms in total. The van der Waals surface area contributed by atoms with E-state index < -0.39 is 6.10 Å². The van der Waals surface area contributed by atoms with Crippen molar-refractivity contribution in [3.63, 3.8) is 0 Å². The molecule has 1 heterocycles. The van der Waals surface area contributed by atoms with Crippen molar-refractivity contribution in [3.05, 3.63) is 47.3 Å². The number of aliphatic hydroxyl groups excluding tert-OH is 1. The molecule has 2 rings (SSSR count). The first-order valence-corrected chi connectivity index (χ1v) is 7.16. The van der Waals surface area contributed by atoms with Crippen LogP contribution in [0, 0.1) is 0 Å².